The van der Waals surface area contributed by atoms with Crippen LogP contribution in [0.4, 0.5) is 0 Å². The minimum atomic E-state index is -0.175. The second-order valence-electron chi connectivity index (χ2n) is 7.32. The number of H-pyrrole nitrogens is 1. The minimum absolute atomic E-state index is 0.175. The Morgan fingerprint density at radius 2 is 1.90 bits per heavy atom. The number of ether oxygens (including phenoxy) is 1. The van der Waals surface area contributed by atoms with Crippen molar-refractivity contribution in [2.75, 3.05) is 21.2 Å². The lowest BCUT2D eigenvalue weighted by atomic mass is 10.1. The first kappa shape index (κ1) is 19.7. The summed E-state index contributed by atoms with van der Waals surface area (Å²) in [7, 11) is 5.55. The van der Waals surface area contributed by atoms with Crippen molar-refractivity contribution in [2.45, 2.75) is 13.1 Å². The van der Waals surface area contributed by atoms with E-state index in [-0.39, 0.29) is 5.69 Å². The van der Waals surface area contributed by atoms with Gasteiger partial charge in [-0.1, -0.05) is 24.3 Å². The van der Waals surface area contributed by atoms with E-state index in [1.807, 2.05) is 73.7 Å². The van der Waals surface area contributed by atoms with Gasteiger partial charge in [0.05, 0.1) is 32.1 Å². The molecule has 0 aliphatic carbocycles. The molecule has 8 nitrogen and oxygen atoms in total. The Morgan fingerprint density at radius 3 is 2.57 bits per heavy atom. The molecule has 0 aliphatic rings. The molecule has 8 heteroatoms. The number of benzene rings is 2. The molecule has 0 atom stereocenters. The Balaban J connectivity index is 1.71. The Labute approximate surface area is 174 Å². The van der Waals surface area contributed by atoms with Crippen LogP contribution in [-0.4, -0.2) is 50.6 Å². The third kappa shape index (κ3) is 4.04. The highest BCUT2D eigenvalue weighted by atomic mass is 16.5. The molecule has 0 spiro atoms. The highest BCUT2D eigenvalue weighted by Crippen LogP contribution is 2.19. The average molecular weight is 404 g/mol. The van der Waals surface area contributed by atoms with E-state index < -0.39 is 0 Å². The summed E-state index contributed by atoms with van der Waals surface area (Å²) in [6.07, 6.45) is 3.60. The van der Waals surface area contributed by atoms with Crippen LogP contribution in [0.2, 0.25) is 0 Å². The van der Waals surface area contributed by atoms with Crippen LogP contribution in [0.25, 0.3) is 16.8 Å². The zero-order valence-electron chi connectivity index (χ0n) is 17.2. The average Bonchev–Trinajstić information content (AvgIpc) is 3.38. The van der Waals surface area contributed by atoms with Crippen LogP contribution in [0.15, 0.2) is 65.7 Å². The van der Waals surface area contributed by atoms with Crippen molar-refractivity contribution in [2.24, 2.45) is 0 Å². The van der Waals surface area contributed by atoms with Gasteiger partial charge in [0.25, 0.3) is 0 Å². The molecular weight excluding hydrogens is 380 g/mol. The normalized spacial score (nSPS) is 11.2. The van der Waals surface area contributed by atoms with Crippen LogP contribution in [0.3, 0.4) is 0 Å². The van der Waals surface area contributed by atoms with Gasteiger partial charge in [0.15, 0.2) is 0 Å². The topological polar surface area (TPSA) is 81.0 Å². The smallest absolute Gasteiger partial charge is 0.351 e. The molecule has 154 valence electrons. The number of aromatic amines is 1. The van der Waals surface area contributed by atoms with Crippen LogP contribution < -0.4 is 10.4 Å². The summed E-state index contributed by atoms with van der Waals surface area (Å²) in [5, 5.41) is 11.4. The van der Waals surface area contributed by atoms with Crippen LogP contribution in [0.5, 0.6) is 5.75 Å². The number of nitrogens with one attached hydrogen (secondary N) is 1. The van der Waals surface area contributed by atoms with E-state index >= 15 is 0 Å². The number of hydrogen-bond acceptors (Lipinski definition) is 5. The van der Waals surface area contributed by atoms with Crippen molar-refractivity contribution in [3.05, 3.63) is 82.8 Å². The van der Waals surface area contributed by atoms with Gasteiger partial charge in [0.2, 0.25) is 0 Å². The summed E-state index contributed by atoms with van der Waals surface area (Å²) >= 11 is 0. The zero-order chi connectivity index (χ0) is 21.1. The number of rotatable bonds is 7. The maximum Gasteiger partial charge on any atom is 0.351 e. The minimum Gasteiger partial charge on any atom is -0.497 e. The van der Waals surface area contributed by atoms with Crippen LogP contribution >= 0.6 is 0 Å². The van der Waals surface area contributed by atoms with Crippen molar-refractivity contribution >= 4 is 0 Å². The summed E-state index contributed by atoms with van der Waals surface area (Å²) in [5.74, 6) is 1.46. The van der Waals surface area contributed by atoms with Crippen molar-refractivity contribution < 1.29 is 4.74 Å². The molecule has 0 saturated heterocycles. The lowest BCUT2D eigenvalue weighted by Crippen LogP contribution is -2.26. The summed E-state index contributed by atoms with van der Waals surface area (Å²) in [5.41, 5.74) is 3.53. The summed E-state index contributed by atoms with van der Waals surface area (Å²) < 4.78 is 8.47. The highest BCUT2D eigenvalue weighted by molar-refractivity contribution is 5.62. The first-order valence-electron chi connectivity index (χ1n) is 9.61. The first-order valence-corrected chi connectivity index (χ1v) is 9.61. The van der Waals surface area contributed by atoms with E-state index in [0.717, 1.165) is 28.1 Å². The van der Waals surface area contributed by atoms with E-state index in [2.05, 4.69) is 15.3 Å². The lowest BCUT2D eigenvalue weighted by Gasteiger charge is -2.10. The maximum absolute atomic E-state index is 13.2. The fourth-order valence-electron chi connectivity index (χ4n) is 3.32. The number of methoxy groups -OCH3 is 1. The van der Waals surface area contributed by atoms with Crippen LogP contribution in [0, 0.1) is 0 Å². The molecule has 1 N–H and O–H groups in total. The van der Waals surface area contributed by atoms with Crippen molar-refractivity contribution in [3.63, 3.8) is 0 Å². The highest BCUT2D eigenvalue weighted by Gasteiger charge is 2.16. The van der Waals surface area contributed by atoms with Gasteiger partial charge in [-0.3, -0.25) is 9.67 Å². The molecule has 4 aromatic rings. The zero-order valence-corrected chi connectivity index (χ0v) is 17.2. The molecule has 0 fully saturated rings. The standard InChI is InChI=1S/C22H24N6O2/c1-26(2)15-21-25-28(19-9-7-17(8-10-19)18-12-23-24-13-18)22(29)27(21)14-16-5-4-6-20(11-16)30-3/h4-13H,14-15H2,1-3H3,(H,23,24). The third-order valence-electron chi connectivity index (χ3n) is 4.82. The molecule has 0 amide bonds. The molecule has 4 rings (SSSR count). The van der Waals surface area contributed by atoms with Gasteiger partial charge in [-0.05, 0) is 49.5 Å². The fraction of sp³-hybridized carbons (Fsp3) is 0.227. The van der Waals surface area contributed by atoms with E-state index in [1.165, 1.54) is 4.68 Å². The van der Waals surface area contributed by atoms with Gasteiger partial charge in [0.1, 0.15) is 11.6 Å². The molecule has 30 heavy (non-hydrogen) atoms. The van der Waals surface area contributed by atoms with Crippen LogP contribution in [-0.2, 0) is 13.1 Å². The number of aromatic nitrogens is 5. The SMILES string of the molecule is COc1cccc(Cn2c(CN(C)C)nn(-c3ccc(-c4cn[nH]c4)cc3)c2=O)c1. The van der Waals surface area contributed by atoms with Gasteiger partial charge in [-0.15, -0.1) is 5.10 Å². The Kier molecular flexibility index (Phi) is 5.49. The molecule has 0 radical (unpaired) electrons. The van der Waals surface area contributed by atoms with Crippen LogP contribution in [0.1, 0.15) is 11.4 Å². The van der Waals surface area contributed by atoms with Gasteiger partial charge in [0, 0.05) is 11.8 Å². The third-order valence-corrected chi connectivity index (χ3v) is 4.82. The van der Waals surface area contributed by atoms with Crippen molar-refractivity contribution in [1.82, 2.24) is 29.4 Å². The molecular formula is C22H24N6O2. The second-order valence-corrected chi connectivity index (χ2v) is 7.32. The Hall–Kier alpha value is -3.65. The quantitative estimate of drug-likeness (QED) is 0.512. The molecule has 0 bridgehead atoms. The molecule has 0 unspecified atom stereocenters. The number of nitrogens with zero attached hydrogens (tertiary/aromatic N) is 5. The molecule has 0 aliphatic heterocycles. The summed E-state index contributed by atoms with van der Waals surface area (Å²) in [6, 6.07) is 15.4. The van der Waals surface area contributed by atoms with Gasteiger partial charge in [-0.25, -0.2) is 4.79 Å². The first-order chi connectivity index (χ1) is 14.5. The van der Waals surface area contributed by atoms with Gasteiger partial charge < -0.3 is 9.64 Å². The van der Waals surface area contributed by atoms with Gasteiger partial charge >= 0.3 is 5.69 Å². The van der Waals surface area contributed by atoms with Gasteiger partial charge in [-0.2, -0.15) is 9.78 Å². The predicted octanol–water partition coefficient (Wildman–Crippen LogP) is 2.54. The monoisotopic (exact) mass is 404 g/mol. The predicted molar refractivity (Wildman–Crippen MR) is 115 cm³/mol. The van der Waals surface area contributed by atoms with Crippen molar-refractivity contribution in [1.29, 1.82) is 0 Å². The van der Waals surface area contributed by atoms with E-state index in [0.29, 0.717) is 18.9 Å². The Bertz CT molecular complexity index is 1170. The molecule has 0 saturated carbocycles. The molecule has 2 aromatic carbocycles. The fourth-order valence-corrected chi connectivity index (χ4v) is 3.32. The second kappa shape index (κ2) is 8.38. The van der Waals surface area contributed by atoms with E-state index in [4.69, 9.17) is 4.74 Å². The summed E-state index contributed by atoms with van der Waals surface area (Å²) in [4.78, 5) is 15.2. The largest absolute Gasteiger partial charge is 0.497 e. The molecule has 2 heterocycles. The van der Waals surface area contributed by atoms with E-state index in [9.17, 15) is 4.79 Å². The number of hydrogen-bond donors (Lipinski definition) is 1. The van der Waals surface area contributed by atoms with Crippen molar-refractivity contribution in [3.8, 4) is 22.6 Å². The maximum atomic E-state index is 13.2. The van der Waals surface area contributed by atoms with E-state index in [1.54, 1.807) is 17.9 Å². The lowest BCUT2D eigenvalue weighted by molar-refractivity contribution is 0.381. The molecule has 2 aromatic heterocycles. The summed E-state index contributed by atoms with van der Waals surface area (Å²) in [6.45, 7) is 0.978. The Morgan fingerprint density at radius 1 is 1.10 bits per heavy atom.